The van der Waals surface area contributed by atoms with E-state index in [2.05, 4.69) is 30.2 Å². The van der Waals surface area contributed by atoms with Gasteiger partial charge < -0.3 is 19.5 Å². The monoisotopic (exact) mass is 705 g/mol. The van der Waals surface area contributed by atoms with E-state index in [-0.39, 0.29) is 11.3 Å². The van der Waals surface area contributed by atoms with Crippen LogP contribution in [0.25, 0.3) is 39.5 Å². The van der Waals surface area contributed by atoms with Crippen molar-refractivity contribution in [3.8, 4) is 33.9 Å². The molecule has 1 fully saturated rings. The number of carboxylic acid groups (broad SMARTS) is 2. The van der Waals surface area contributed by atoms with Gasteiger partial charge in [0.15, 0.2) is 0 Å². The second-order valence-corrected chi connectivity index (χ2v) is 9.86. The molecule has 3 N–H and O–H groups in total. The molecule has 21 heteroatoms. The number of pyridine rings is 1. The minimum absolute atomic E-state index is 0.183. The first-order chi connectivity index (χ1) is 23.1. The first-order valence-electron chi connectivity index (χ1n) is 13.7. The number of alkyl halides is 6. The van der Waals surface area contributed by atoms with Crippen LogP contribution < -0.4 is 0 Å². The zero-order chi connectivity index (χ0) is 35.9. The highest BCUT2D eigenvalue weighted by atomic mass is 19.4. The Balaban J connectivity index is 0.000000327. The third-order valence-electron chi connectivity index (χ3n) is 6.58. The smallest absolute Gasteiger partial charge is 0.475 e. The molecular formula is C28H23F8N7O6. The maximum absolute atomic E-state index is 14.4. The molecule has 0 saturated carbocycles. The van der Waals surface area contributed by atoms with Crippen LogP contribution >= 0.6 is 0 Å². The van der Waals surface area contributed by atoms with Crippen LogP contribution in [0.1, 0.15) is 5.89 Å². The molecular weight excluding hydrogens is 682 g/mol. The molecule has 49 heavy (non-hydrogen) atoms. The van der Waals surface area contributed by atoms with Crippen molar-refractivity contribution in [2.75, 3.05) is 32.8 Å². The average Bonchev–Trinajstić information content (AvgIpc) is 3.80. The van der Waals surface area contributed by atoms with Crippen LogP contribution in [0.15, 0.2) is 53.4 Å². The van der Waals surface area contributed by atoms with Gasteiger partial charge in [0.2, 0.25) is 11.7 Å². The number of rotatable bonds is 6. The van der Waals surface area contributed by atoms with E-state index in [1.54, 1.807) is 12.4 Å². The summed E-state index contributed by atoms with van der Waals surface area (Å²) in [7, 11) is 0. The molecule has 5 aromatic rings. The number of carbonyl (C=O) groups is 2. The van der Waals surface area contributed by atoms with E-state index in [1.165, 1.54) is 18.2 Å². The van der Waals surface area contributed by atoms with Gasteiger partial charge in [0.1, 0.15) is 28.7 Å². The zero-order valence-corrected chi connectivity index (χ0v) is 24.6. The lowest BCUT2D eigenvalue weighted by Gasteiger charge is -2.25. The maximum atomic E-state index is 14.4. The van der Waals surface area contributed by atoms with Crippen LogP contribution in [0.4, 0.5) is 35.1 Å². The Morgan fingerprint density at radius 2 is 1.55 bits per heavy atom. The Bertz CT molecular complexity index is 1850. The number of hydrogen-bond donors (Lipinski definition) is 3. The summed E-state index contributed by atoms with van der Waals surface area (Å²) in [5, 5.41) is 25.2. The predicted molar refractivity (Wildman–Crippen MR) is 150 cm³/mol. The molecule has 0 unspecified atom stereocenters. The van der Waals surface area contributed by atoms with Crippen LogP contribution in [0.2, 0.25) is 0 Å². The fourth-order valence-electron chi connectivity index (χ4n) is 4.27. The quantitative estimate of drug-likeness (QED) is 0.206. The van der Waals surface area contributed by atoms with Crippen molar-refractivity contribution >= 4 is 17.6 Å². The molecule has 0 radical (unpaired) electrons. The summed E-state index contributed by atoms with van der Waals surface area (Å²) in [5.41, 5.74) is 2.56. The highest BCUT2D eigenvalue weighted by Crippen LogP contribution is 2.34. The Hall–Kier alpha value is -5.44. The molecule has 1 saturated heterocycles. The summed E-state index contributed by atoms with van der Waals surface area (Å²) in [6.07, 6.45) is -4.43. The van der Waals surface area contributed by atoms with Gasteiger partial charge in [-0.3, -0.25) is 14.4 Å². The first kappa shape index (κ1) is 36.4. The lowest BCUT2D eigenvalue weighted by Crippen LogP contribution is -2.37. The number of benzene rings is 1. The summed E-state index contributed by atoms with van der Waals surface area (Å²) < 4.78 is 105. The number of fused-ring (bicyclic) bond motifs is 1. The lowest BCUT2D eigenvalue weighted by molar-refractivity contribution is -0.193. The van der Waals surface area contributed by atoms with Gasteiger partial charge in [-0.15, -0.1) is 0 Å². The molecule has 0 atom stereocenters. The highest BCUT2D eigenvalue weighted by molar-refractivity contribution is 5.81. The van der Waals surface area contributed by atoms with Crippen LogP contribution in [0.5, 0.6) is 0 Å². The van der Waals surface area contributed by atoms with Crippen LogP contribution in [0, 0.1) is 11.6 Å². The van der Waals surface area contributed by atoms with Crippen molar-refractivity contribution in [3.05, 3.63) is 66.4 Å². The van der Waals surface area contributed by atoms with Crippen LogP contribution in [-0.2, 0) is 20.7 Å². The van der Waals surface area contributed by atoms with Gasteiger partial charge in [-0.2, -0.15) is 36.4 Å². The van der Waals surface area contributed by atoms with Gasteiger partial charge in [0, 0.05) is 49.6 Å². The van der Waals surface area contributed by atoms with Crippen molar-refractivity contribution < 1.29 is 64.2 Å². The molecule has 4 aromatic heterocycles. The number of imidazole rings is 1. The summed E-state index contributed by atoms with van der Waals surface area (Å²) in [4.78, 5) is 29.1. The van der Waals surface area contributed by atoms with Crippen molar-refractivity contribution in [1.29, 1.82) is 0 Å². The average molecular weight is 706 g/mol. The minimum Gasteiger partial charge on any atom is -0.475 e. The predicted octanol–water partition coefficient (Wildman–Crippen LogP) is 4.86. The molecule has 0 bridgehead atoms. The molecule has 1 aliphatic heterocycles. The van der Waals surface area contributed by atoms with Crippen molar-refractivity contribution in [3.63, 3.8) is 0 Å². The third kappa shape index (κ3) is 9.34. The molecule has 6 rings (SSSR count). The topological polar surface area (TPSA) is 172 Å². The Morgan fingerprint density at radius 3 is 2.14 bits per heavy atom. The van der Waals surface area contributed by atoms with Gasteiger partial charge in [-0.25, -0.2) is 23.4 Å². The van der Waals surface area contributed by atoms with Crippen molar-refractivity contribution in [2.24, 2.45) is 0 Å². The van der Waals surface area contributed by atoms with Gasteiger partial charge in [0.05, 0.1) is 25.0 Å². The van der Waals surface area contributed by atoms with Gasteiger partial charge in [-0.1, -0.05) is 11.2 Å². The van der Waals surface area contributed by atoms with E-state index in [1.807, 2.05) is 22.7 Å². The standard InChI is InChI=1S/C24H21F2N7O2.2C2HF3O2/c25-17-2-1-3-18(26)22(17)23-16(12-28-30-23)15-4-5-20-27-13-19(33(20)14-15)24-29-21(35-31-24)6-7-32-8-10-34-11-9-32;2*3-2(4,5)1(6)7/h1-5,12-14H,6-11H2,(H,28,30);2*(H,6,7). The summed E-state index contributed by atoms with van der Waals surface area (Å²) in [6, 6.07) is 7.38. The summed E-state index contributed by atoms with van der Waals surface area (Å²) in [5.74, 6) is -5.91. The Labute approximate surface area is 268 Å². The van der Waals surface area contributed by atoms with Gasteiger partial charge in [-0.05, 0) is 24.3 Å². The maximum Gasteiger partial charge on any atom is 0.490 e. The second kappa shape index (κ2) is 15.2. The molecule has 1 aliphatic rings. The SMILES string of the molecule is Fc1cccc(F)c1-c1n[nH]cc1-c1ccc2ncc(-c3noc(CCN4CCOCC4)n3)n2c1.O=C(O)C(F)(F)F.O=C(O)C(F)(F)F. The second-order valence-electron chi connectivity index (χ2n) is 9.86. The van der Waals surface area contributed by atoms with Crippen LogP contribution in [-0.4, -0.2) is 102 Å². The number of nitrogens with one attached hydrogen (secondary N) is 1. The van der Waals surface area contributed by atoms with E-state index in [0.29, 0.717) is 40.6 Å². The Morgan fingerprint density at radius 1 is 0.939 bits per heavy atom. The normalized spacial score (nSPS) is 13.7. The number of nitrogens with zero attached hydrogens (tertiary/aromatic N) is 6. The number of hydrogen-bond acceptors (Lipinski definition) is 9. The van der Waals surface area contributed by atoms with Crippen LogP contribution in [0.3, 0.4) is 0 Å². The largest absolute Gasteiger partial charge is 0.490 e. The molecule has 5 heterocycles. The summed E-state index contributed by atoms with van der Waals surface area (Å²) >= 11 is 0. The van der Waals surface area contributed by atoms with E-state index in [9.17, 15) is 35.1 Å². The molecule has 1 aromatic carbocycles. The van der Waals surface area contributed by atoms with Crippen molar-refractivity contribution in [1.82, 2.24) is 34.6 Å². The number of aromatic amines is 1. The van der Waals surface area contributed by atoms with E-state index in [4.69, 9.17) is 29.1 Å². The lowest BCUT2D eigenvalue weighted by atomic mass is 10.0. The van der Waals surface area contributed by atoms with E-state index >= 15 is 0 Å². The number of H-pyrrole nitrogens is 1. The number of aromatic nitrogens is 6. The molecule has 262 valence electrons. The number of carboxylic acids is 2. The number of ether oxygens (including phenoxy) is 1. The van der Waals surface area contributed by atoms with Crippen molar-refractivity contribution in [2.45, 2.75) is 18.8 Å². The fraction of sp³-hybridized carbons (Fsp3) is 0.286. The number of morpholine rings is 1. The van der Waals surface area contributed by atoms with E-state index < -0.39 is 35.9 Å². The third-order valence-corrected chi connectivity index (χ3v) is 6.58. The number of halogens is 8. The molecule has 0 aliphatic carbocycles. The number of aliphatic carboxylic acids is 2. The minimum atomic E-state index is -5.08. The molecule has 0 amide bonds. The highest BCUT2D eigenvalue weighted by Gasteiger charge is 2.39. The first-order valence-corrected chi connectivity index (χ1v) is 13.7. The van der Waals surface area contributed by atoms with E-state index in [0.717, 1.165) is 32.8 Å². The van der Waals surface area contributed by atoms with Gasteiger partial charge >= 0.3 is 24.3 Å². The summed E-state index contributed by atoms with van der Waals surface area (Å²) in [6.45, 7) is 4.08. The molecule has 13 nitrogen and oxygen atoms in total. The molecule has 0 spiro atoms. The van der Waals surface area contributed by atoms with Gasteiger partial charge in [0.25, 0.3) is 0 Å². The Kier molecular flexibility index (Phi) is 11.3. The fourth-order valence-corrected chi connectivity index (χ4v) is 4.27. The zero-order valence-electron chi connectivity index (χ0n) is 24.6.